The standard InChI is InChI=1S/C28H23Cl2NO3/c1-2-11-34-22-8-4-6-18(13-22)25-16-21(32)15-24(17-5-3-7-19(29)12-17)28(25)23-10-9-20(30)14-26(23)31-27(28)33/h3-10,12-14,16,24H,2,11,15H2,1H3,(H,31,33)/t24-,28+/m0/s1. The lowest BCUT2D eigenvalue weighted by Crippen LogP contribution is -2.45. The number of nitrogens with one attached hydrogen (secondary N) is 1. The Morgan fingerprint density at radius 1 is 1.00 bits per heavy atom. The highest BCUT2D eigenvalue weighted by atomic mass is 35.5. The van der Waals surface area contributed by atoms with Gasteiger partial charge < -0.3 is 10.1 Å². The summed E-state index contributed by atoms with van der Waals surface area (Å²) in [4.78, 5) is 27.1. The fourth-order valence-electron chi connectivity index (χ4n) is 5.17. The molecule has 0 saturated heterocycles. The normalized spacial score (nSPS) is 21.3. The van der Waals surface area contributed by atoms with Crippen LogP contribution < -0.4 is 10.1 Å². The number of amides is 1. The van der Waals surface area contributed by atoms with Gasteiger partial charge in [0.25, 0.3) is 0 Å². The van der Waals surface area contributed by atoms with Gasteiger partial charge in [-0.25, -0.2) is 0 Å². The third kappa shape index (κ3) is 3.71. The van der Waals surface area contributed by atoms with E-state index < -0.39 is 11.3 Å². The largest absolute Gasteiger partial charge is 0.494 e. The topological polar surface area (TPSA) is 55.4 Å². The van der Waals surface area contributed by atoms with Gasteiger partial charge >= 0.3 is 0 Å². The maximum Gasteiger partial charge on any atom is 0.240 e. The molecule has 1 spiro atoms. The summed E-state index contributed by atoms with van der Waals surface area (Å²) < 4.78 is 5.86. The van der Waals surface area contributed by atoms with Gasteiger partial charge in [-0.1, -0.05) is 60.5 Å². The molecule has 3 aromatic rings. The number of halogens is 2. The molecule has 1 heterocycles. The first-order valence-electron chi connectivity index (χ1n) is 11.3. The van der Waals surface area contributed by atoms with Gasteiger partial charge in [0.15, 0.2) is 5.78 Å². The Morgan fingerprint density at radius 2 is 1.79 bits per heavy atom. The molecule has 6 heteroatoms. The van der Waals surface area contributed by atoms with Crippen LogP contribution in [0.1, 0.15) is 42.4 Å². The van der Waals surface area contributed by atoms with E-state index in [2.05, 4.69) is 5.32 Å². The van der Waals surface area contributed by atoms with Gasteiger partial charge in [0.05, 0.1) is 6.61 Å². The molecular formula is C28H23Cl2NO3. The van der Waals surface area contributed by atoms with Crippen LogP contribution in [0, 0.1) is 0 Å². The fraction of sp³-hybridized carbons (Fsp3) is 0.214. The minimum atomic E-state index is -1.12. The molecule has 0 bridgehead atoms. The van der Waals surface area contributed by atoms with Gasteiger partial charge in [0, 0.05) is 28.1 Å². The second kappa shape index (κ2) is 8.94. The molecule has 1 aliphatic heterocycles. The molecule has 2 aliphatic rings. The van der Waals surface area contributed by atoms with Crippen molar-refractivity contribution in [3.63, 3.8) is 0 Å². The lowest BCUT2D eigenvalue weighted by Gasteiger charge is -2.41. The Morgan fingerprint density at radius 3 is 2.59 bits per heavy atom. The average Bonchev–Trinajstić information content (AvgIpc) is 3.10. The van der Waals surface area contributed by atoms with E-state index in [-0.39, 0.29) is 18.1 Å². The van der Waals surface area contributed by atoms with Gasteiger partial charge in [-0.15, -0.1) is 0 Å². The molecule has 0 aromatic heterocycles. The highest BCUT2D eigenvalue weighted by Gasteiger charge is 2.57. The number of benzene rings is 3. The van der Waals surface area contributed by atoms with Crippen LogP contribution in [0.4, 0.5) is 5.69 Å². The zero-order chi connectivity index (χ0) is 23.9. The van der Waals surface area contributed by atoms with E-state index in [1.807, 2.05) is 55.5 Å². The van der Waals surface area contributed by atoms with E-state index in [9.17, 15) is 9.59 Å². The summed E-state index contributed by atoms with van der Waals surface area (Å²) in [6, 6.07) is 20.4. The Balaban J connectivity index is 1.77. The first kappa shape index (κ1) is 22.7. The summed E-state index contributed by atoms with van der Waals surface area (Å²) in [6.07, 6.45) is 2.68. The van der Waals surface area contributed by atoms with E-state index in [1.54, 1.807) is 24.3 Å². The number of carbonyl (C=O) groups excluding carboxylic acids is 2. The number of hydrogen-bond donors (Lipinski definition) is 1. The van der Waals surface area contributed by atoms with E-state index in [1.165, 1.54) is 0 Å². The second-order valence-electron chi connectivity index (χ2n) is 8.66. The van der Waals surface area contributed by atoms with Crippen LogP contribution in [0.5, 0.6) is 5.75 Å². The van der Waals surface area contributed by atoms with Crippen molar-refractivity contribution in [2.45, 2.75) is 31.1 Å². The predicted molar refractivity (Wildman–Crippen MR) is 136 cm³/mol. The second-order valence-corrected chi connectivity index (χ2v) is 9.54. The van der Waals surface area contributed by atoms with Crippen LogP contribution in [0.15, 0.2) is 72.8 Å². The number of anilines is 1. The van der Waals surface area contributed by atoms with Crippen molar-refractivity contribution < 1.29 is 14.3 Å². The maximum absolute atomic E-state index is 14.0. The van der Waals surface area contributed by atoms with Crippen molar-refractivity contribution in [2.24, 2.45) is 0 Å². The van der Waals surface area contributed by atoms with E-state index in [4.69, 9.17) is 27.9 Å². The summed E-state index contributed by atoms with van der Waals surface area (Å²) in [7, 11) is 0. The van der Waals surface area contributed by atoms with Crippen LogP contribution in [0.25, 0.3) is 5.57 Å². The molecule has 3 aromatic carbocycles. The molecule has 4 nitrogen and oxygen atoms in total. The highest BCUT2D eigenvalue weighted by molar-refractivity contribution is 6.31. The van der Waals surface area contributed by atoms with Crippen LogP contribution in [0.2, 0.25) is 10.0 Å². The average molecular weight is 492 g/mol. The number of ether oxygens (including phenoxy) is 1. The first-order chi connectivity index (χ1) is 16.4. The minimum Gasteiger partial charge on any atom is -0.494 e. The highest BCUT2D eigenvalue weighted by Crippen LogP contribution is 2.58. The van der Waals surface area contributed by atoms with Crippen molar-refractivity contribution in [1.82, 2.24) is 0 Å². The summed E-state index contributed by atoms with van der Waals surface area (Å²) in [5.41, 5.74) is 2.58. The quantitative estimate of drug-likeness (QED) is 0.426. The first-order valence-corrected chi connectivity index (χ1v) is 12.0. The van der Waals surface area contributed by atoms with Crippen LogP contribution in [0.3, 0.4) is 0 Å². The van der Waals surface area contributed by atoms with E-state index >= 15 is 0 Å². The summed E-state index contributed by atoms with van der Waals surface area (Å²) in [6.45, 7) is 2.63. The number of allylic oxidation sites excluding steroid dienone is 1. The molecule has 0 fully saturated rings. The van der Waals surface area contributed by atoms with Gasteiger partial charge in [0.2, 0.25) is 5.91 Å². The Kier molecular flexibility index (Phi) is 5.97. The molecule has 0 saturated carbocycles. The molecule has 0 radical (unpaired) electrons. The molecule has 1 aliphatic carbocycles. The third-order valence-corrected chi connectivity index (χ3v) is 7.01. The molecule has 172 valence electrons. The molecule has 1 amide bonds. The monoisotopic (exact) mass is 491 g/mol. The number of ketones is 1. The third-order valence-electron chi connectivity index (χ3n) is 6.54. The lowest BCUT2D eigenvalue weighted by molar-refractivity contribution is -0.121. The van der Waals surface area contributed by atoms with Gasteiger partial charge in [-0.2, -0.15) is 0 Å². The molecule has 34 heavy (non-hydrogen) atoms. The molecule has 2 atom stereocenters. The molecule has 5 rings (SSSR count). The smallest absolute Gasteiger partial charge is 0.240 e. The SMILES string of the molecule is CCCOc1cccc(C2=CC(=O)C[C@@H](c3cccc(Cl)c3)[C@@]23C(=O)Nc2cc(Cl)ccc23)c1. The van der Waals surface area contributed by atoms with Crippen molar-refractivity contribution in [3.05, 3.63) is 99.5 Å². The van der Waals surface area contributed by atoms with Crippen molar-refractivity contribution >= 4 is 46.2 Å². The van der Waals surface area contributed by atoms with E-state index in [0.717, 1.165) is 23.1 Å². The summed E-state index contributed by atoms with van der Waals surface area (Å²) in [5, 5.41) is 4.12. The maximum atomic E-state index is 14.0. The number of hydrogen-bond acceptors (Lipinski definition) is 3. The molecular weight excluding hydrogens is 469 g/mol. The van der Waals surface area contributed by atoms with Crippen molar-refractivity contribution in [1.29, 1.82) is 0 Å². The van der Waals surface area contributed by atoms with Crippen molar-refractivity contribution in [2.75, 3.05) is 11.9 Å². The molecule has 0 unspecified atom stereocenters. The van der Waals surface area contributed by atoms with Gasteiger partial charge in [-0.05, 0) is 71.2 Å². The van der Waals surface area contributed by atoms with Crippen molar-refractivity contribution in [3.8, 4) is 5.75 Å². The Bertz CT molecular complexity index is 1330. The zero-order valence-corrected chi connectivity index (χ0v) is 20.1. The van der Waals surface area contributed by atoms with Gasteiger partial charge in [0.1, 0.15) is 11.2 Å². The van der Waals surface area contributed by atoms with E-state index in [0.29, 0.717) is 33.7 Å². The Labute approximate surface area is 208 Å². The lowest BCUT2D eigenvalue weighted by atomic mass is 9.58. The van der Waals surface area contributed by atoms with Crippen LogP contribution >= 0.6 is 23.2 Å². The van der Waals surface area contributed by atoms with Crippen LogP contribution in [-0.4, -0.2) is 18.3 Å². The zero-order valence-electron chi connectivity index (χ0n) is 18.6. The minimum absolute atomic E-state index is 0.0410. The van der Waals surface area contributed by atoms with Gasteiger partial charge in [-0.3, -0.25) is 9.59 Å². The number of rotatable bonds is 5. The summed E-state index contributed by atoms with van der Waals surface area (Å²) >= 11 is 12.6. The number of carbonyl (C=O) groups is 2. The fourth-order valence-corrected chi connectivity index (χ4v) is 5.54. The van der Waals surface area contributed by atoms with Crippen LogP contribution in [-0.2, 0) is 15.0 Å². The number of fused-ring (bicyclic) bond motifs is 2. The predicted octanol–water partition coefficient (Wildman–Crippen LogP) is 6.81. The summed E-state index contributed by atoms with van der Waals surface area (Å²) in [5.74, 6) is 0.0258. The Hall–Kier alpha value is -3.08. The molecule has 1 N–H and O–H groups in total.